The molecule has 0 saturated heterocycles. The Bertz CT molecular complexity index is 499. The number of carbonyl (C=O) groups is 1. The Hall–Kier alpha value is -0.870. The normalized spacial score (nSPS) is 26.7. The average Bonchev–Trinajstić information content (AvgIpc) is 3.13. The molecule has 3 rings (SSSR count). The fourth-order valence-corrected chi connectivity index (χ4v) is 3.19. The molecule has 0 spiro atoms. The van der Waals surface area contributed by atoms with E-state index in [2.05, 4.69) is 33.4 Å². The molecule has 2 aliphatic carbocycles. The second-order valence-electron chi connectivity index (χ2n) is 5.45. The maximum atomic E-state index is 11.9. The van der Waals surface area contributed by atoms with Crippen LogP contribution in [0.1, 0.15) is 30.4 Å². The van der Waals surface area contributed by atoms with E-state index in [-0.39, 0.29) is 5.91 Å². The van der Waals surface area contributed by atoms with Crippen molar-refractivity contribution in [2.75, 3.05) is 0 Å². The van der Waals surface area contributed by atoms with E-state index >= 15 is 0 Å². The van der Waals surface area contributed by atoms with Gasteiger partial charge in [0.1, 0.15) is 5.54 Å². The number of fused-ring (bicyclic) bond motifs is 1. The Morgan fingerprint density at radius 3 is 2.83 bits per heavy atom. The van der Waals surface area contributed by atoms with Crippen LogP contribution >= 0.6 is 15.9 Å². The number of nitrogens with two attached hydrogens (primary N) is 1. The molecule has 1 aromatic carbocycles. The average molecular weight is 309 g/mol. The summed E-state index contributed by atoms with van der Waals surface area (Å²) in [5.41, 5.74) is 7.71. The zero-order valence-electron chi connectivity index (χ0n) is 10.2. The molecule has 4 heteroatoms. The van der Waals surface area contributed by atoms with Gasteiger partial charge in [0.25, 0.3) is 0 Å². The van der Waals surface area contributed by atoms with Crippen LogP contribution in [0.2, 0.25) is 0 Å². The van der Waals surface area contributed by atoms with E-state index in [9.17, 15) is 4.79 Å². The zero-order valence-corrected chi connectivity index (χ0v) is 11.8. The fourth-order valence-electron chi connectivity index (χ4n) is 2.78. The Morgan fingerprint density at radius 1 is 1.39 bits per heavy atom. The minimum absolute atomic E-state index is 0.206. The van der Waals surface area contributed by atoms with Crippen molar-refractivity contribution >= 4 is 21.8 Å². The predicted molar refractivity (Wildman–Crippen MR) is 74.3 cm³/mol. The molecule has 18 heavy (non-hydrogen) atoms. The summed E-state index contributed by atoms with van der Waals surface area (Å²) in [5, 5.41) is 3.47. The lowest BCUT2D eigenvalue weighted by Gasteiger charge is -2.36. The van der Waals surface area contributed by atoms with Gasteiger partial charge in [0, 0.05) is 10.5 Å². The van der Waals surface area contributed by atoms with Gasteiger partial charge in [-0.05, 0) is 55.4 Å². The molecule has 1 aromatic rings. The van der Waals surface area contributed by atoms with Crippen LogP contribution in [-0.2, 0) is 17.6 Å². The minimum Gasteiger partial charge on any atom is -0.368 e. The number of nitrogens with one attached hydrogen (secondary N) is 1. The Kier molecular flexibility index (Phi) is 2.94. The van der Waals surface area contributed by atoms with Gasteiger partial charge in [0.2, 0.25) is 5.91 Å². The molecule has 1 fully saturated rings. The quantitative estimate of drug-likeness (QED) is 0.896. The Balaban J connectivity index is 1.90. The van der Waals surface area contributed by atoms with Crippen molar-refractivity contribution in [2.24, 2.45) is 5.73 Å². The van der Waals surface area contributed by atoms with Gasteiger partial charge in [-0.15, -0.1) is 0 Å². The number of aryl methyl sites for hydroxylation is 1. The van der Waals surface area contributed by atoms with Gasteiger partial charge in [-0.3, -0.25) is 4.79 Å². The van der Waals surface area contributed by atoms with Gasteiger partial charge in [-0.25, -0.2) is 0 Å². The highest BCUT2D eigenvalue weighted by Gasteiger charge is 2.43. The summed E-state index contributed by atoms with van der Waals surface area (Å²) < 4.78 is 1.10. The molecule has 1 atom stereocenters. The number of carbonyl (C=O) groups excluding carboxylic acids is 1. The summed E-state index contributed by atoms with van der Waals surface area (Å²) in [5.74, 6) is -0.206. The number of rotatable bonds is 3. The first-order chi connectivity index (χ1) is 8.59. The number of primary amides is 1. The first-order valence-electron chi connectivity index (χ1n) is 6.44. The molecule has 3 N–H and O–H groups in total. The molecule has 0 heterocycles. The number of halogens is 1. The molecule has 1 amide bonds. The van der Waals surface area contributed by atoms with Crippen molar-refractivity contribution in [1.82, 2.24) is 5.32 Å². The molecule has 0 bridgehead atoms. The molecule has 1 saturated carbocycles. The van der Waals surface area contributed by atoms with Gasteiger partial charge in [0.05, 0.1) is 0 Å². The monoisotopic (exact) mass is 308 g/mol. The number of hydrogen-bond donors (Lipinski definition) is 2. The van der Waals surface area contributed by atoms with Crippen LogP contribution < -0.4 is 11.1 Å². The number of amides is 1. The van der Waals surface area contributed by atoms with Crippen molar-refractivity contribution in [3.8, 4) is 0 Å². The summed E-state index contributed by atoms with van der Waals surface area (Å²) in [6, 6.07) is 6.78. The molecular weight excluding hydrogens is 292 g/mol. The molecule has 3 nitrogen and oxygen atoms in total. The van der Waals surface area contributed by atoms with E-state index < -0.39 is 5.54 Å². The highest BCUT2D eigenvalue weighted by atomic mass is 79.9. The van der Waals surface area contributed by atoms with Crippen molar-refractivity contribution in [3.05, 3.63) is 33.8 Å². The highest BCUT2D eigenvalue weighted by molar-refractivity contribution is 9.10. The largest absolute Gasteiger partial charge is 0.368 e. The molecule has 0 aromatic heterocycles. The highest BCUT2D eigenvalue weighted by Crippen LogP contribution is 2.33. The minimum atomic E-state index is -0.526. The molecular formula is C14H17BrN2O. The lowest BCUT2D eigenvalue weighted by molar-refractivity contribution is -0.125. The lowest BCUT2D eigenvalue weighted by Crippen LogP contribution is -2.59. The van der Waals surface area contributed by atoms with E-state index in [1.165, 1.54) is 24.0 Å². The molecule has 1 unspecified atom stereocenters. The first kappa shape index (κ1) is 12.2. The maximum absolute atomic E-state index is 11.9. The Labute approximate surface area is 115 Å². The zero-order chi connectivity index (χ0) is 12.8. The Morgan fingerprint density at radius 2 is 2.17 bits per heavy atom. The van der Waals surface area contributed by atoms with Gasteiger partial charge < -0.3 is 11.1 Å². The van der Waals surface area contributed by atoms with Crippen LogP contribution in [0.25, 0.3) is 0 Å². The third kappa shape index (κ3) is 2.19. The number of benzene rings is 1. The van der Waals surface area contributed by atoms with Gasteiger partial charge in [-0.2, -0.15) is 0 Å². The standard InChI is InChI=1S/C14H17BrN2O/c15-11-2-1-10-8-14(13(16)18,17-12-3-4-12)6-5-9(10)7-11/h1-2,7,12,17H,3-6,8H2,(H2,16,18). The summed E-state index contributed by atoms with van der Waals surface area (Å²) >= 11 is 3.49. The smallest absolute Gasteiger partial charge is 0.238 e. The van der Waals surface area contributed by atoms with Gasteiger partial charge >= 0.3 is 0 Å². The van der Waals surface area contributed by atoms with Crippen LogP contribution in [0.4, 0.5) is 0 Å². The van der Waals surface area contributed by atoms with Crippen LogP contribution in [0.5, 0.6) is 0 Å². The van der Waals surface area contributed by atoms with Gasteiger partial charge in [0.15, 0.2) is 0 Å². The fraction of sp³-hybridized carbons (Fsp3) is 0.500. The molecule has 0 aliphatic heterocycles. The van der Waals surface area contributed by atoms with Crippen molar-refractivity contribution in [2.45, 2.75) is 43.7 Å². The summed E-state index contributed by atoms with van der Waals surface area (Å²) in [6.45, 7) is 0. The summed E-state index contributed by atoms with van der Waals surface area (Å²) in [7, 11) is 0. The summed E-state index contributed by atoms with van der Waals surface area (Å²) in [6.07, 6.45) is 4.78. The topological polar surface area (TPSA) is 55.1 Å². The molecule has 96 valence electrons. The van der Waals surface area contributed by atoms with E-state index in [4.69, 9.17) is 5.73 Å². The van der Waals surface area contributed by atoms with Crippen molar-refractivity contribution < 1.29 is 4.79 Å². The van der Waals surface area contributed by atoms with Crippen LogP contribution in [0.15, 0.2) is 22.7 Å². The van der Waals surface area contributed by atoms with Crippen LogP contribution in [0, 0.1) is 0 Å². The SMILES string of the molecule is NC(=O)C1(NC2CC2)CCc2cc(Br)ccc2C1. The van der Waals surface area contributed by atoms with E-state index in [1.54, 1.807) is 0 Å². The van der Waals surface area contributed by atoms with Gasteiger partial charge in [-0.1, -0.05) is 22.0 Å². The predicted octanol–water partition coefficient (Wildman–Crippen LogP) is 1.91. The second kappa shape index (κ2) is 4.35. The molecule has 2 aliphatic rings. The van der Waals surface area contributed by atoms with Crippen molar-refractivity contribution in [1.29, 1.82) is 0 Å². The molecule has 0 radical (unpaired) electrons. The number of hydrogen-bond acceptors (Lipinski definition) is 2. The second-order valence-corrected chi connectivity index (χ2v) is 6.37. The summed E-state index contributed by atoms with van der Waals surface area (Å²) in [4.78, 5) is 11.9. The van der Waals surface area contributed by atoms with Crippen LogP contribution in [-0.4, -0.2) is 17.5 Å². The van der Waals surface area contributed by atoms with E-state index in [1.807, 2.05) is 6.07 Å². The van der Waals surface area contributed by atoms with Crippen LogP contribution in [0.3, 0.4) is 0 Å². The maximum Gasteiger partial charge on any atom is 0.238 e. The van der Waals surface area contributed by atoms with E-state index in [0.717, 1.165) is 23.7 Å². The first-order valence-corrected chi connectivity index (χ1v) is 7.23. The van der Waals surface area contributed by atoms with E-state index in [0.29, 0.717) is 6.04 Å². The van der Waals surface area contributed by atoms with Crippen molar-refractivity contribution in [3.63, 3.8) is 0 Å². The lowest BCUT2D eigenvalue weighted by atomic mass is 9.77. The third-order valence-electron chi connectivity index (χ3n) is 4.01. The third-order valence-corrected chi connectivity index (χ3v) is 4.50.